The Morgan fingerprint density at radius 2 is 2.50 bits per heavy atom. The molecule has 76 valence electrons. The molecule has 0 aliphatic heterocycles. The van der Waals surface area contributed by atoms with Crippen molar-refractivity contribution in [2.45, 2.75) is 0 Å². The van der Waals surface area contributed by atoms with E-state index in [1.165, 1.54) is 13.3 Å². The van der Waals surface area contributed by atoms with E-state index in [0.29, 0.717) is 5.56 Å². The summed E-state index contributed by atoms with van der Waals surface area (Å²) in [4.78, 5) is 24.5. The second-order valence-electron chi connectivity index (χ2n) is 2.39. The van der Waals surface area contributed by atoms with Gasteiger partial charge in [-0.05, 0) is 23.9 Å². The number of carbonyl (C=O) groups excluding carboxylic acids is 1. The molecule has 0 bridgehead atoms. The predicted octanol–water partition coefficient (Wildman–Crippen LogP) is 0.675. The molecule has 5 nitrogen and oxygen atoms in total. The van der Waals surface area contributed by atoms with Gasteiger partial charge in [-0.2, -0.15) is 0 Å². The van der Waals surface area contributed by atoms with Gasteiger partial charge in [0.2, 0.25) is 0 Å². The highest BCUT2D eigenvalue weighted by molar-refractivity contribution is 8.08. The summed E-state index contributed by atoms with van der Waals surface area (Å²) in [6, 6.07) is 3.18. The summed E-state index contributed by atoms with van der Waals surface area (Å²) >= 11 is 4.61. The van der Waals surface area contributed by atoms with Crippen molar-refractivity contribution in [2.75, 3.05) is 7.11 Å². The molecule has 0 saturated carbocycles. The van der Waals surface area contributed by atoms with Gasteiger partial charge in [-0.1, -0.05) is 0 Å². The fourth-order valence-electron chi connectivity index (χ4n) is 0.736. The lowest BCUT2D eigenvalue weighted by Gasteiger charge is -2.13. The Balaban J connectivity index is 2.74. The summed E-state index contributed by atoms with van der Waals surface area (Å²) in [6.07, 6.45) is 2.92. The van der Waals surface area contributed by atoms with Crippen molar-refractivity contribution in [1.82, 2.24) is 10.1 Å². The van der Waals surface area contributed by atoms with Gasteiger partial charge in [-0.15, -0.1) is 0 Å². The number of amides is 1. The topological polar surface area (TPSA) is 71.5 Å². The molecule has 0 spiro atoms. The molecule has 0 aliphatic rings. The second kappa shape index (κ2) is 4.61. The van der Waals surface area contributed by atoms with Crippen LogP contribution in [-0.2, 0) is 16.3 Å². The first-order chi connectivity index (χ1) is 6.55. The average molecular weight is 232 g/mol. The van der Waals surface area contributed by atoms with Gasteiger partial charge in [-0.3, -0.25) is 14.9 Å². The SMILES string of the molecule is COP(O)(=S)NC(=O)c1cccnc1. The minimum absolute atomic E-state index is 0.327. The van der Waals surface area contributed by atoms with Gasteiger partial charge in [-0.25, -0.2) is 0 Å². The van der Waals surface area contributed by atoms with Crippen LogP contribution in [-0.4, -0.2) is 22.9 Å². The molecule has 0 aliphatic carbocycles. The molecule has 1 rings (SSSR count). The molecule has 1 unspecified atom stereocenters. The molecule has 1 amide bonds. The van der Waals surface area contributed by atoms with Crippen LogP contribution < -0.4 is 5.09 Å². The molecular weight excluding hydrogens is 223 g/mol. The fraction of sp³-hybridized carbons (Fsp3) is 0.143. The minimum Gasteiger partial charge on any atom is -0.329 e. The van der Waals surface area contributed by atoms with Gasteiger partial charge >= 0.3 is 0 Å². The molecule has 1 heterocycles. The first kappa shape index (κ1) is 11.3. The molecule has 1 aromatic heterocycles. The van der Waals surface area contributed by atoms with E-state index in [-0.39, 0.29) is 0 Å². The van der Waals surface area contributed by atoms with Gasteiger partial charge < -0.3 is 9.42 Å². The van der Waals surface area contributed by atoms with E-state index in [0.717, 1.165) is 0 Å². The van der Waals surface area contributed by atoms with Gasteiger partial charge in [0.05, 0.1) is 5.56 Å². The highest BCUT2D eigenvalue weighted by atomic mass is 32.5. The molecule has 2 N–H and O–H groups in total. The third kappa shape index (κ3) is 3.16. The van der Waals surface area contributed by atoms with E-state index < -0.39 is 12.5 Å². The first-order valence-electron chi connectivity index (χ1n) is 3.66. The Kier molecular flexibility index (Phi) is 3.71. The van der Waals surface area contributed by atoms with Crippen LogP contribution in [0.5, 0.6) is 0 Å². The third-order valence-corrected chi connectivity index (χ3v) is 3.12. The summed E-state index contributed by atoms with van der Waals surface area (Å²) in [6.45, 7) is -3.19. The minimum atomic E-state index is -3.19. The standard InChI is InChI=1S/C7H9N2O3PS/c1-12-13(11,14)9-7(10)6-3-2-4-8-5-6/h2-5H,1H3,(H2,9,10,11,14). The summed E-state index contributed by atoms with van der Waals surface area (Å²) in [7, 11) is 1.24. The van der Waals surface area contributed by atoms with Gasteiger partial charge in [0, 0.05) is 19.5 Å². The Morgan fingerprint density at radius 1 is 1.79 bits per heavy atom. The number of nitrogens with zero attached hydrogens (tertiary/aromatic N) is 1. The highest BCUT2D eigenvalue weighted by Gasteiger charge is 2.16. The molecule has 0 radical (unpaired) electrons. The van der Waals surface area contributed by atoms with Crippen molar-refractivity contribution >= 4 is 24.4 Å². The fourth-order valence-corrected chi connectivity index (χ4v) is 1.46. The molecule has 0 fully saturated rings. The largest absolute Gasteiger partial charge is 0.329 e. The maximum atomic E-state index is 11.4. The Bertz CT molecular complexity index is 370. The molecule has 7 heteroatoms. The monoisotopic (exact) mass is 232 g/mol. The smallest absolute Gasteiger partial charge is 0.287 e. The molecule has 0 saturated heterocycles. The van der Waals surface area contributed by atoms with E-state index in [1.54, 1.807) is 18.3 Å². The first-order valence-corrected chi connectivity index (χ1v) is 6.33. The zero-order valence-corrected chi connectivity index (χ0v) is 9.09. The van der Waals surface area contributed by atoms with E-state index in [9.17, 15) is 9.69 Å². The van der Waals surface area contributed by atoms with E-state index >= 15 is 0 Å². The lowest BCUT2D eigenvalue weighted by atomic mass is 10.3. The van der Waals surface area contributed by atoms with Crippen molar-refractivity contribution in [3.63, 3.8) is 0 Å². The normalized spacial score (nSPS) is 14.4. The number of aromatic nitrogens is 1. The maximum Gasteiger partial charge on any atom is 0.287 e. The zero-order valence-electron chi connectivity index (χ0n) is 7.38. The number of hydrogen-bond acceptors (Lipinski definition) is 4. The lowest BCUT2D eigenvalue weighted by molar-refractivity contribution is 0.0974. The number of nitrogens with one attached hydrogen (secondary N) is 1. The van der Waals surface area contributed by atoms with Crippen LogP contribution in [0.25, 0.3) is 0 Å². The number of rotatable bonds is 3. The van der Waals surface area contributed by atoms with Crippen LogP contribution >= 0.6 is 6.64 Å². The van der Waals surface area contributed by atoms with Gasteiger partial charge in [0.25, 0.3) is 12.5 Å². The van der Waals surface area contributed by atoms with Crippen molar-refractivity contribution < 1.29 is 14.2 Å². The quantitative estimate of drug-likeness (QED) is 0.749. The summed E-state index contributed by atoms with van der Waals surface area (Å²) in [5, 5.41) is 2.20. The van der Waals surface area contributed by atoms with Gasteiger partial charge in [0.15, 0.2) is 0 Å². The molecule has 1 aromatic rings. The highest BCUT2D eigenvalue weighted by Crippen LogP contribution is 2.35. The Hall–Kier alpha value is -0.810. The predicted molar refractivity (Wildman–Crippen MR) is 55.2 cm³/mol. The Labute approximate surface area is 86.3 Å². The van der Waals surface area contributed by atoms with E-state index in [2.05, 4.69) is 26.4 Å². The third-order valence-electron chi connectivity index (χ3n) is 1.41. The zero-order chi connectivity index (χ0) is 10.6. The summed E-state index contributed by atoms with van der Waals surface area (Å²) in [5.74, 6) is -0.495. The van der Waals surface area contributed by atoms with Crippen LogP contribution in [0.3, 0.4) is 0 Å². The molecule has 0 aromatic carbocycles. The number of pyridine rings is 1. The number of hydrogen-bond donors (Lipinski definition) is 2. The van der Waals surface area contributed by atoms with Crippen molar-refractivity contribution in [1.29, 1.82) is 0 Å². The van der Waals surface area contributed by atoms with Crippen molar-refractivity contribution in [2.24, 2.45) is 0 Å². The van der Waals surface area contributed by atoms with Gasteiger partial charge in [0.1, 0.15) is 0 Å². The molecule has 14 heavy (non-hydrogen) atoms. The Morgan fingerprint density at radius 3 is 3.00 bits per heavy atom. The maximum absolute atomic E-state index is 11.4. The second-order valence-corrected chi connectivity index (χ2v) is 5.50. The molecular formula is C7H9N2O3PS. The average Bonchev–Trinajstić information content (AvgIpc) is 2.19. The van der Waals surface area contributed by atoms with Crippen LogP contribution in [0.15, 0.2) is 24.5 Å². The van der Waals surface area contributed by atoms with Crippen LogP contribution in [0.2, 0.25) is 0 Å². The van der Waals surface area contributed by atoms with Crippen LogP contribution in [0.1, 0.15) is 10.4 Å². The summed E-state index contributed by atoms with van der Waals surface area (Å²) < 4.78 is 4.56. The van der Waals surface area contributed by atoms with Crippen molar-refractivity contribution in [3.8, 4) is 0 Å². The summed E-state index contributed by atoms with van der Waals surface area (Å²) in [5.41, 5.74) is 0.327. The molecule has 1 atom stereocenters. The van der Waals surface area contributed by atoms with Crippen LogP contribution in [0, 0.1) is 0 Å². The van der Waals surface area contributed by atoms with Crippen molar-refractivity contribution in [3.05, 3.63) is 30.1 Å². The lowest BCUT2D eigenvalue weighted by Crippen LogP contribution is -2.20. The number of carbonyl (C=O) groups is 1. The van der Waals surface area contributed by atoms with E-state index in [1.807, 2.05) is 0 Å². The van der Waals surface area contributed by atoms with Crippen LogP contribution in [0.4, 0.5) is 0 Å². The van der Waals surface area contributed by atoms with E-state index in [4.69, 9.17) is 0 Å².